The lowest BCUT2D eigenvalue weighted by Gasteiger charge is -2.14. The van der Waals surface area contributed by atoms with Gasteiger partial charge >= 0.3 is 5.97 Å². The van der Waals surface area contributed by atoms with Crippen LogP contribution < -0.4 is 0 Å². The molecule has 0 aliphatic rings. The molecule has 6 heteroatoms. The summed E-state index contributed by atoms with van der Waals surface area (Å²) in [5.41, 5.74) is 0.980. The van der Waals surface area contributed by atoms with E-state index in [0.29, 0.717) is 6.42 Å². The Morgan fingerprint density at radius 2 is 1.89 bits per heavy atom. The van der Waals surface area contributed by atoms with Gasteiger partial charge in [-0.15, -0.1) is 0 Å². The van der Waals surface area contributed by atoms with Crippen LogP contribution in [0.25, 0.3) is 0 Å². The Hall–Kier alpha value is -1.24. The third-order valence-corrected chi connectivity index (χ3v) is 4.48. The normalized spacial score (nSPS) is 15.7. The largest absolute Gasteiger partial charge is 0.480 e. The van der Waals surface area contributed by atoms with E-state index in [9.17, 15) is 14.1 Å². The van der Waals surface area contributed by atoms with Gasteiger partial charge in [-0.25, -0.2) is 0 Å². The van der Waals surface area contributed by atoms with Gasteiger partial charge in [0.15, 0.2) is 0 Å². The minimum Gasteiger partial charge on any atom is -0.480 e. The van der Waals surface area contributed by atoms with Crippen molar-refractivity contribution in [1.29, 1.82) is 0 Å². The molecular formula is C13H18O5S. The zero-order valence-corrected chi connectivity index (χ0v) is 11.3. The van der Waals surface area contributed by atoms with Gasteiger partial charge < -0.3 is 15.3 Å². The lowest BCUT2D eigenvalue weighted by atomic mass is 10.1. The third kappa shape index (κ3) is 5.50. The number of aliphatic hydroxyl groups excluding tert-OH is 2. The molecule has 106 valence electrons. The van der Waals surface area contributed by atoms with Gasteiger partial charge in [0.1, 0.15) is 5.25 Å². The number of carboxylic acid groups (broad SMARTS) is 1. The molecule has 0 radical (unpaired) electrons. The lowest BCUT2D eigenvalue weighted by molar-refractivity contribution is -0.136. The maximum Gasteiger partial charge on any atom is 0.319 e. The second kappa shape index (κ2) is 8.04. The van der Waals surface area contributed by atoms with Crippen molar-refractivity contribution in [2.75, 3.05) is 12.4 Å². The number of benzene rings is 1. The fourth-order valence-corrected chi connectivity index (χ4v) is 2.99. The molecule has 0 fully saturated rings. The molecule has 0 bridgehead atoms. The topological polar surface area (TPSA) is 94.8 Å². The summed E-state index contributed by atoms with van der Waals surface area (Å²) in [6, 6.07) is 9.35. The van der Waals surface area contributed by atoms with Crippen molar-refractivity contribution in [3.8, 4) is 0 Å². The van der Waals surface area contributed by atoms with E-state index < -0.39 is 34.7 Å². The molecule has 0 saturated carbocycles. The van der Waals surface area contributed by atoms with E-state index in [-0.39, 0.29) is 12.2 Å². The summed E-state index contributed by atoms with van der Waals surface area (Å²) in [6.45, 7) is -0.517. The van der Waals surface area contributed by atoms with Crippen molar-refractivity contribution in [3.63, 3.8) is 0 Å². The van der Waals surface area contributed by atoms with Crippen LogP contribution in [-0.4, -0.2) is 49.2 Å². The highest BCUT2D eigenvalue weighted by Crippen LogP contribution is 2.11. The van der Waals surface area contributed by atoms with E-state index >= 15 is 0 Å². The summed E-state index contributed by atoms with van der Waals surface area (Å²) in [6.07, 6.45) is -0.387. The molecule has 0 aliphatic heterocycles. The maximum absolute atomic E-state index is 11.8. The SMILES string of the molecule is O=C(O)C(CCc1ccccc1)S(=O)CC(O)CO. The molecule has 0 aromatic heterocycles. The number of carboxylic acids is 1. The van der Waals surface area contributed by atoms with Gasteiger partial charge in [-0.3, -0.25) is 9.00 Å². The summed E-state index contributed by atoms with van der Waals surface area (Å²) >= 11 is 0. The van der Waals surface area contributed by atoms with Crippen molar-refractivity contribution in [3.05, 3.63) is 35.9 Å². The average molecular weight is 286 g/mol. The first-order valence-electron chi connectivity index (χ1n) is 5.97. The molecule has 0 saturated heterocycles. The molecule has 1 aromatic carbocycles. The van der Waals surface area contributed by atoms with Crippen LogP contribution in [0, 0.1) is 0 Å². The monoisotopic (exact) mass is 286 g/mol. The van der Waals surface area contributed by atoms with Gasteiger partial charge in [-0.1, -0.05) is 30.3 Å². The molecule has 5 nitrogen and oxygen atoms in total. The molecule has 0 heterocycles. The number of aliphatic hydroxyl groups is 2. The lowest BCUT2D eigenvalue weighted by Crippen LogP contribution is -2.32. The fraction of sp³-hybridized carbons (Fsp3) is 0.462. The van der Waals surface area contributed by atoms with Crippen molar-refractivity contribution in [2.45, 2.75) is 24.2 Å². The molecule has 3 atom stereocenters. The molecule has 0 aliphatic carbocycles. The quantitative estimate of drug-likeness (QED) is 0.633. The van der Waals surface area contributed by atoms with Crippen molar-refractivity contribution in [2.24, 2.45) is 0 Å². The molecular weight excluding hydrogens is 268 g/mol. The average Bonchev–Trinajstić information content (AvgIpc) is 2.39. The van der Waals surface area contributed by atoms with Crippen LogP contribution >= 0.6 is 0 Å². The van der Waals surface area contributed by atoms with E-state index in [0.717, 1.165) is 5.56 Å². The van der Waals surface area contributed by atoms with Crippen LogP contribution in [0.1, 0.15) is 12.0 Å². The minimum absolute atomic E-state index is 0.220. The van der Waals surface area contributed by atoms with Gasteiger partial charge in [0.25, 0.3) is 0 Å². The first-order valence-corrected chi connectivity index (χ1v) is 7.35. The number of carbonyl (C=O) groups is 1. The van der Waals surface area contributed by atoms with Crippen LogP contribution in [-0.2, 0) is 22.0 Å². The van der Waals surface area contributed by atoms with Gasteiger partial charge in [-0.2, -0.15) is 0 Å². The van der Waals surface area contributed by atoms with Crippen LogP contribution in [0.15, 0.2) is 30.3 Å². The van der Waals surface area contributed by atoms with Crippen molar-refractivity contribution in [1.82, 2.24) is 0 Å². The van der Waals surface area contributed by atoms with Crippen LogP contribution in [0.5, 0.6) is 0 Å². The Balaban J connectivity index is 2.58. The third-order valence-electron chi connectivity index (χ3n) is 2.70. The molecule has 0 spiro atoms. The van der Waals surface area contributed by atoms with E-state index in [4.69, 9.17) is 10.2 Å². The Bertz CT molecular complexity index is 420. The highest BCUT2D eigenvalue weighted by molar-refractivity contribution is 7.86. The minimum atomic E-state index is -1.70. The fourth-order valence-electron chi connectivity index (χ4n) is 1.67. The Kier molecular flexibility index (Phi) is 6.69. The first-order chi connectivity index (χ1) is 9.04. The summed E-state index contributed by atoms with van der Waals surface area (Å²) in [5.74, 6) is -1.36. The predicted molar refractivity (Wildman–Crippen MR) is 72.3 cm³/mol. The van der Waals surface area contributed by atoms with Gasteiger partial charge in [0.2, 0.25) is 0 Å². The number of hydrogen-bond donors (Lipinski definition) is 3. The summed E-state index contributed by atoms with van der Waals surface area (Å²) in [7, 11) is -1.70. The van der Waals surface area contributed by atoms with Crippen LogP contribution in [0.2, 0.25) is 0 Å². The molecule has 1 aromatic rings. The Morgan fingerprint density at radius 1 is 1.26 bits per heavy atom. The van der Waals surface area contributed by atoms with Crippen molar-refractivity contribution < 1.29 is 24.3 Å². The maximum atomic E-state index is 11.8. The van der Waals surface area contributed by atoms with E-state index in [1.165, 1.54) is 0 Å². The highest BCUT2D eigenvalue weighted by atomic mass is 32.2. The molecule has 19 heavy (non-hydrogen) atoms. The molecule has 0 amide bonds. The number of aliphatic carboxylic acids is 1. The summed E-state index contributed by atoms with van der Waals surface area (Å²) in [5, 5.41) is 25.9. The van der Waals surface area contributed by atoms with Gasteiger partial charge in [0, 0.05) is 10.8 Å². The molecule has 3 N–H and O–H groups in total. The zero-order valence-electron chi connectivity index (χ0n) is 10.4. The van der Waals surface area contributed by atoms with E-state index in [2.05, 4.69) is 0 Å². The van der Waals surface area contributed by atoms with Crippen LogP contribution in [0.4, 0.5) is 0 Å². The smallest absolute Gasteiger partial charge is 0.319 e. The number of hydrogen-bond acceptors (Lipinski definition) is 4. The van der Waals surface area contributed by atoms with E-state index in [1.54, 1.807) is 0 Å². The second-order valence-corrected chi connectivity index (χ2v) is 5.90. The Labute approximate surface area is 114 Å². The second-order valence-electron chi connectivity index (χ2n) is 4.23. The van der Waals surface area contributed by atoms with Crippen LogP contribution in [0.3, 0.4) is 0 Å². The van der Waals surface area contributed by atoms with Gasteiger partial charge in [0.05, 0.1) is 18.5 Å². The number of aryl methyl sites for hydroxylation is 1. The zero-order chi connectivity index (χ0) is 14.3. The van der Waals surface area contributed by atoms with Crippen molar-refractivity contribution >= 4 is 16.8 Å². The number of rotatable bonds is 8. The molecule has 3 unspecified atom stereocenters. The predicted octanol–water partition coefficient (Wildman–Crippen LogP) is 0.174. The summed E-state index contributed by atoms with van der Waals surface area (Å²) < 4.78 is 11.8. The van der Waals surface area contributed by atoms with Gasteiger partial charge in [-0.05, 0) is 18.4 Å². The first kappa shape index (κ1) is 15.8. The highest BCUT2D eigenvalue weighted by Gasteiger charge is 2.26. The molecule has 1 rings (SSSR count). The van der Waals surface area contributed by atoms with E-state index in [1.807, 2.05) is 30.3 Å². The summed E-state index contributed by atoms with van der Waals surface area (Å²) in [4.78, 5) is 11.1. The standard InChI is InChI=1S/C13H18O5S/c14-8-11(15)9-19(18)12(13(16)17)7-6-10-4-2-1-3-5-10/h1-5,11-12,14-15H,6-9H2,(H,16,17). The Morgan fingerprint density at radius 3 is 2.42 bits per heavy atom.